The molecule has 1 aromatic rings. The van der Waals surface area contributed by atoms with E-state index in [9.17, 15) is 0 Å². The Bertz CT molecular complexity index is 314. The predicted molar refractivity (Wildman–Crippen MR) is 81.5 cm³/mol. The highest BCUT2D eigenvalue weighted by Crippen LogP contribution is 2.15. The molecule has 0 aromatic heterocycles. The van der Waals surface area contributed by atoms with Crippen LogP contribution in [0.1, 0.15) is 38.7 Å². The minimum Gasteiger partial charge on any atom is -0.375 e. The Morgan fingerprint density at radius 1 is 1.17 bits per heavy atom. The second-order valence-electron chi connectivity index (χ2n) is 4.98. The van der Waals surface area contributed by atoms with Gasteiger partial charge in [-0.3, -0.25) is 0 Å². The number of anilines is 1. The second kappa shape index (κ2) is 8.15. The van der Waals surface area contributed by atoms with Crippen LogP contribution in [0, 0.1) is 0 Å². The van der Waals surface area contributed by atoms with E-state index < -0.39 is 0 Å². The highest BCUT2D eigenvalue weighted by Gasteiger charge is 2.04. The van der Waals surface area contributed by atoms with E-state index in [4.69, 9.17) is 0 Å². The minimum atomic E-state index is 0.667. The normalized spacial score (nSPS) is 12.4. The number of nitrogens with one attached hydrogen (secondary N) is 1. The number of hydrogen-bond acceptors (Lipinski definition) is 2. The molecule has 0 heterocycles. The van der Waals surface area contributed by atoms with Gasteiger partial charge in [-0.05, 0) is 50.4 Å². The lowest BCUT2D eigenvalue weighted by Crippen LogP contribution is -2.26. The van der Waals surface area contributed by atoms with E-state index >= 15 is 0 Å². The van der Waals surface area contributed by atoms with Crippen LogP contribution in [0.25, 0.3) is 0 Å². The van der Waals surface area contributed by atoms with Crippen LogP contribution < -0.4 is 10.2 Å². The summed E-state index contributed by atoms with van der Waals surface area (Å²) in [6.45, 7) is 5.57. The fourth-order valence-corrected chi connectivity index (χ4v) is 2.24. The smallest absolute Gasteiger partial charge is 0.0363 e. The number of rotatable bonds is 8. The summed E-state index contributed by atoms with van der Waals surface area (Å²) in [5.74, 6) is 0. The van der Waals surface area contributed by atoms with Crippen LogP contribution >= 0.6 is 0 Å². The zero-order valence-corrected chi connectivity index (χ0v) is 12.4. The first-order valence-electron chi connectivity index (χ1n) is 7.18. The summed E-state index contributed by atoms with van der Waals surface area (Å²) in [6, 6.07) is 9.59. The van der Waals surface area contributed by atoms with Crippen molar-refractivity contribution >= 4 is 5.69 Å². The lowest BCUT2D eigenvalue weighted by Gasteiger charge is -2.21. The Labute approximate surface area is 112 Å². The zero-order chi connectivity index (χ0) is 13.4. The molecule has 0 aliphatic heterocycles. The third-order valence-electron chi connectivity index (χ3n) is 3.73. The fourth-order valence-electron chi connectivity index (χ4n) is 2.24. The van der Waals surface area contributed by atoms with E-state index in [1.54, 1.807) is 0 Å². The van der Waals surface area contributed by atoms with Crippen LogP contribution in [0.15, 0.2) is 24.3 Å². The summed E-state index contributed by atoms with van der Waals surface area (Å²) in [5.41, 5.74) is 2.73. The average molecular weight is 248 g/mol. The minimum absolute atomic E-state index is 0.667. The van der Waals surface area contributed by atoms with E-state index in [-0.39, 0.29) is 0 Å². The van der Waals surface area contributed by atoms with Crippen LogP contribution in [-0.2, 0) is 6.42 Å². The molecular weight excluding hydrogens is 220 g/mol. The third-order valence-corrected chi connectivity index (χ3v) is 3.73. The van der Waals surface area contributed by atoms with Gasteiger partial charge in [0.05, 0.1) is 0 Å². The van der Waals surface area contributed by atoms with Gasteiger partial charge in [0.25, 0.3) is 0 Å². The molecular formula is C16H28N2. The number of hydrogen-bond donors (Lipinski definition) is 1. The molecule has 1 atom stereocenters. The molecule has 2 nitrogen and oxygen atoms in total. The summed E-state index contributed by atoms with van der Waals surface area (Å²) in [4.78, 5) is 2.35. The lowest BCUT2D eigenvalue weighted by molar-refractivity contribution is 0.492. The first-order valence-corrected chi connectivity index (χ1v) is 7.18. The predicted octanol–water partition coefficient (Wildman–Crippen LogP) is 3.46. The van der Waals surface area contributed by atoms with Gasteiger partial charge in [-0.1, -0.05) is 26.0 Å². The average Bonchev–Trinajstić information content (AvgIpc) is 2.43. The maximum absolute atomic E-state index is 3.36. The molecule has 0 bridgehead atoms. The molecule has 0 aliphatic rings. The molecule has 0 aliphatic carbocycles. The Morgan fingerprint density at radius 3 is 2.33 bits per heavy atom. The third kappa shape index (κ3) is 4.69. The maximum atomic E-state index is 3.36. The lowest BCUT2D eigenvalue weighted by atomic mass is 10.1. The highest BCUT2D eigenvalue weighted by molar-refractivity contribution is 5.46. The van der Waals surface area contributed by atoms with Crippen molar-refractivity contribution in [2.45, 2.75) is 45.6 Å². The first kappa shape index (κ1) is 15.0. The van der Waals surface area contributed by atoms with Crippen molar-refractivity contribution in [1.82, 2.24) is 5.32 Å². The van der Waals surface area contributed by atoms with Gasteiger partial charge in [-0.15, -0.1) is 0 Å². The molecule has 0 saturated carbocycles. The summed E-state index contributed by atoms with van der Waals surface area (Å²) >= 11 is 0. The largest absolute Gasteiger partial charge is 0.375 e. The van der Waals surface area contributed by atoms with Gasteiger partial charge in [0.1, 0.15) is 0 Å². The van der Waals surface area contributed by atoms with Crippen LogP contribution in [0.5, 0.6) is 0 Å². The summed E-state index contributed by atoms with van der Waals surface area (Å²) < 4.78 is 0. The Morgan fingerprint density at radius 2 is 1.83 bits per heavy atom. The van der Waals surface area contributed by atoms with E-state index in [0.29, 0.717) is 6.04 Å². The van der Waals surface area contributed by atoms with Crippen molar-refractivity contribution in [3.63, 3.8) is 0 Å². The van der Waals surface area contributed by atoms with E-state index in [1.807, 2.05) is 0 Å². The summed E-state index contributed by atoms with van der Waals surface area (Å²) in [7, 11) is 4.24. The number of benzene rings is 1. The maximum Gasteiger partial charge on any atom is 0.0363 e. The zero-order valence-electron chi connectivity index (χ0n) is 12.4. The van der Waals surface area contributed by atoms with Crippen molar-refractivity contribution < 1.29 is 0 Å². The van der Waals surface area contributed by atoms with Gasteiger partial charge < -0.3 is 10.2 Å². The highest BCUT2D eigenvalue weighted by atomic mass is 15.1. The van der Waals surface area contributed by atoms with Gasteiger partial charge in [0.15, 0.2) is 0 Å². The Hall–Kier alpha value is -1.02. The number of nitrogens with zero attached hydrogens (tertiary/aromatic N) is 1. The standard InChI is InChI=1S/C16H28N2/c1-5-14-9-11-16(12-10-14)18(4)13-7-8-15(6-2)17-3/h9-12,15,17H,5-8,13H2,1-4H3. The van der Waals surface area contributed by atoms with Gasteiger partial charge in [0.2, 0.25) is 0 Å². The van der Waals surface area contributed by atoms with Crippen molar-refractivity contribution in [2.75, 3.05) is 25.5 Å². The van der Waals surface area contributed by atoms with Crippen LogP contribution in [-0.4, -0.2) is 26.7 Å². The molecule has 1 aromatic carbocycles. The Balaban J connectivity index is 2.37. The summed E-state index contributed by atoms with van der Waals surface area (Å²) in [6.07, 6.45) is 4.82. The second-order valence-corrected chi connectivity index (χ2v) is 4.98. The van der Waals surface area contributed by atoms with Crippen molar-refractivity contribution in [1.29, 1.82) is 0 Å². The van der Waals surface area contributed by atoms with Crippen LogP contribution in [0.3, 0.4) is 0 Å². The molecule has 1 rings (SSSR count). The molecule has 1 N–H and O–H groups in total. The molecule has 0 spiro atoms. The topological polar surface area (TPSA) is 15.3 Å². The van der Waals surface area contributed by atoms with Gasteiger partial charge in [-0.2, -0.15) is 0 Å². The van der Waals surface area contributed by atoms with E-state index in [1.165, 1.54) is 30.5 Å². The summed E-state index contributed by atoms with van der Waals surface area (Å²) in [5, 5.41) is 3.36. The van der Waals surface area contributed by atoms with E-state index in [0.717, 1.165) is 13.0 Å². The SMILES string of the molecule is CCc1ccc(N(C)CCCC(CC)NC)cc1. The molecule has 0 amide bonds. The first-order chi connectivity index (χ1) is 8.71. The monoisotopic (exact) mass is 248 g/mol. The molecule has 0 saturated heterocycles. The van der Waals surface area contributed by atoms with Gasteiger partial charge in [0, 0.05) is 25.3 Å². The van der Waals surface area contributed by atoms with Crippen molar-refractivity contribution in [2.24, 2.45) is 0 Å². The molecule has 0 fully saturated rings. The van der Waals surface area contributed by atoms with Gasteiger partial charge >= 0.3 is 0 Å². The van der Waals surface area contributed by atoms with Crippen molar-refractivity contribution in [3.05, 3.63) is 29.8 Å². The molecule has 1 unspecified atom stereocenters. The molecule has 0 radical (unpaired) electrons. The van der Waals surface area contributed by atoms with Crippen LogP contribution in [0.4, 0.5) is 5.69 Å². The van der Waals surface area contributed by atoms with Gasteiger partial charge in [-0.25, -0.2) is 0 Å². The van der Waals surface area contributed by atoms with Crippen molar-refractivity contribution in [3.8, 4) is 0 Å². The van der Waals surface area contributed by atoms with E-state index in [2.05, 4.69) is 62.4 Å². The molecule has 102 valence electrons. The Kier molecular flexibility index (Phi) is 6.81. The van der Waals surface area contributed by atoms with Crippen LogP contribution in [0.2, 0.25) is 0 Å². The quantitative estimate of drug-likeness (QED) is 0.758. The fraction of sp³-hybridized carbons (Fsp3) is 0.625. The molecule has 2 heteroatoms. The molecule has 18 heavy (non-hydrogen) atoms. The number of aryl methyl sites for hydroxylation is 1.